The standard InChI is InChI=1S/C11H10IN3O2/c1-2-17-11(16)8-5-14-15(7-8)10-4-3-9(12)6-13-10/h3-7H,2H2,1H3. The van der Waals surface area contributed by atoms with Crippen LogP contribution in [0.2, 0.25) is 0 Å². The zero-order chi connectivity index (χ0) is 12.3. The minimum absolute atomic E-state index is 0.353. The summed E-state index contributed by atoms with van der Waals surface area (Å²) in [6.45, 7) is 2.12. The van der Waals surface area contributed by atoms with E-state index < -0.39 is 0 Å². The molecule has 0 saturated carbocycles. The van der Waals surface area contributed by atoms with E-state index in [9.17, 15) is 4.79 Å². The minimum Gasteiger partial charge on any atom is -0.462 e. The molecule has 17 heavy (non-hydrogen) atoms. The van der Waals surface area contributed by atoms with Gasteiger partial charge in [-0.3, -0.25) is 0 Å². The van der Waals surface area contributed by atoms with Crippen molar-refractivity contribution in [2.24, 2.45) is 0 Å². The van der Waals surface area contributed by atoms with Crippen LogP contribution in [0.1, 0.15) is 17.3 Å². The lowest BCUT2D eigenvalue weighted by Gasteiger charge is -1.99. The highest BCUT2D eigenvalue weighted by molar-refractivity contribution is 14.1. The smallest absolute Gasteiger partial charge is 0.341 e. The Morgan fingerprint density at radius 1 is 1.47 bits per heavy atom. The van der Waals surface area contributed by atoms with E-state index in [4.69, 9.17) is 4.74 Å². The van der Waals surface area contributed by atoms with Crippen LogP contribution in [0.15, 0.2) is 30.7 Å². The number of aromatic nitrogens is 3. The number of nitrogens with zero attached hydrogens (tertiary/aromatic N) is 3. The van der Waals surface area contributed by atoms with E-state index in [1.807, 2.05) is 12.1 Å². The fraction of sp³-hybridized carbons (Fsp3) is 0.182. The summed E-state index contributed by atoms with van der Waals surface area (Å²) in [4.78, 5) is 15.7. The molecule has 0 radical (unpaired) electrons. The van der Waals surface area contributed by atoms with Crippen molar-refractivity contribution in [1.82, 2.24) is 14.8 Å². The summed E-state index contributed by atoms with van der Waals surface area (Å²) in [7, 11) is 0. The Kier molecular flexibility index (Phi) is 3.72. The van der Waals surface area contributed by atoms with Gasteiger partial charge in [0.1, 0.15) is 0 Å². The Hall–Kier alpha value is -1.44. The molecule has 6 heteroatoms. The maximum atomic E-state index is 11.4. The summed E-state index contributed by atoms with van der Waals surface area (Å²) in [5.74, 6) is 0.297. The molecular formula is C11H10IN3O2. The first-order valence-electron chi connectivity index (χ1n) is 5.04. The number of esters is 1. The van der Waals surface area contributed by atoms with Gasteiger partial charge in [0.2, 0.25) is 0 Å². The molecule has 0 spiro atoms. The van der Waals surface area contributed by atoms with Crippen molar-refractivity contribution in [2.45, 2.75) is 6.92 Å². The van der Waals surface area contributed by atoms with Gasteiger partial charge < -0.3 is 4.74 Å². The van der Waals surface area contributed by atoms with Crippen molar-refractivity contribution < 1.29 is 9.53 Å². The van der Waals surface area contributed by atoms with Gasteiger partial charge in [0.15, 0.2) is 5.82 Å². The maximum Gasteiger partial charge on any atom is 0.341 e. The molecule has 0 bridgehead atoms. The molecule has 0 aliphatic carbocycles. The largest absolute Gasteiger partial charge is 0.462 e. The van der Waals surface area contributed by atoms with Gasteiger partial charge in [-0.25, -0.2) is 14.5 Å². The molecular weight excluding hydrogens is 333 g/mol. The number of rotatable bonds is 3. The summed E-state index contributed by atoms with van der Waals surface area (Å²) in [5.41, 5.74) is 0.423. The summed E-state index contributed by atoms with van der Waals surface area (Å²) < 4.78 is 7.47. The van der Waals surface area contributed by atoms with Gasteiger partial charge in [0, 0.05) is 16.0 Å². The van der Waals surface area contributed by atoms with Gasteiger partial charge in [0.05, 0.1) is 18.4 Å². The van der Waals surface area contributed by atoms with E-state index in [1.54, 1.807) is 24.0 Å². The molecule has 0 aliphatic heterocycles. The molecule has 0 saturated heterocycles. The van der Waals surface area contributed by atoms with Gasteiger partial charge in [-0.1, -0.05) is 0 Å². The van der Waals surface area contributed by atoms with E-state index in [1.165, 1.54) is 6.20 Å². The third kappa shape index (κ3) is 2.82. The Morgan fingerprint density at radius 2 is 2.29 bits per heavy atom. The number of halogens is 1. The second-order valence-electron chi connectivity index (χ2n) is 3.23. The zero-order valence-electron chi connectivity index (χ0n) is 9.13. The second kappa shape index (κ2) is 5.26. The highest BCUT2D eigenvalue weighted by Crippen LogP contribution is 2.09. The lowest BCUT2D eigenvalue weighted by Crippen LogP contribution is -2.03. The predicted molar refractivity (Wildman–Crippen MR) is 70.0 cm³/mol. The van der Waals surface area contributed by atoms with Crippen LogP contribution in [-0.4, -0.2) is 27.3 Å². The molecule has 0 N–H and O–H groups in total. The van der Waals surface area contributed by atoms with E-state index in [2.05, 4.69) is 32.7 Å². The third-order valence-corrected chi connectivity index (χ3v) is 2.68. The summed E-state index contributed by atoms with van der Waals surface area (Å²) >= 11 is 2.18. The van der Waals surface area contributed by atoms with Crippen molar-refractivity contribution in [1.29, 1.82) is 0 Å². The van der Waals surface area contributed by atoms with Gasteiger partial charge in [-0.2, -0.15) is 5.10 Å². The molecule has 2 aromatic rings. The van der Waals surface area contributed by atoms with Crippen molar-refractivity contribution in [2.75, 3.05) is 6.61 Å². The number of carbonyl (C=O) groups is 1. The Morgan fingerprint density at radius 3 is 2.94 bits per heavy atom. The molecule has 0 fully saturated rings. The number of carbonyl (C=O) groups excluding carboxylic acids is 1. The van der Waals surface area contributed by atoms with Gasteiger partial charge in [-0.05, 0) is 41.6 Å². The number of hydrogen-bond donors (Lipinski definition) is 0. The Balaban J connectivity index is 2.23. The first-order valence-corrected chi connectivity index (χ1v) is 6.12. The molecule has 0 amide bonds. The molecule has 2 aromatic heterocycles. The Bertz CT molecular complexity index is 522. The normalized spacial score (nSPS) is 10.2. The van der Waals surface area contributed by atoms with Crippen LogP contribution >= 0.6 is 22.6 Å². The van der Waals surface area contributed by atoms with Crippen LogP contribution < -0.4 is 0 Å². The lowest BCUT2D eigenvalue weighted by atomic mass is 10.4. The summed E-state index contributed by atoms with van der Waals surface area (Å²) in [6, 6.07) is 3.76. The zero-order valence-corrected chi connectivity index (χ0v) is 11.3. The summed E-state index contributed by atoms with van der Waals surface area (Å²) in [6.07, 6.45) is 4.81. The fourth-order valence-corrected chi connectivity index (χ4v) is 1.59. The van der Waals surface area contributed by atoms with Crippen LogP contribution in [0.5, 0.6) is 0 Å². The van der Waals surface area contributed by atoms with Gasteiger partial charge >= 0.3 is 5.97 Å². The third-order valence-electron chi connectivity index (χ3n) is 2.04. The molecule has 88 valence electrons. The van der Waals surface area contributed by atoms with Crippen LogP contribution in [0.3, 0.4) is 0 Å². The van der Waals surface area contributed by atoms with Crippen molar-refractivity contribution in [3.8, 4) is 5.82 Å². The quantitative estimate of drug-likeness (QED) is 0.632. The average Bonchev–Trinajstić information content (AvgIpc) is 2.80. The minimum atomic E-state index is -0.371. The number of hydrogen-bond acceptors (Lipinski definition) is 4. The number of pyridine rings is 1. The van der Waals surface area contributed by atoms with Crippen LogP contribution in [0.4, 0.5) is 0 Å². The average molecular weight is 343 g/mol. The molecule has 0 aromatic carbocycles. The molecule has 5 nitrogen and oxygen atoms in total. The van der Waals surface area contributed by atoms with E-state index >= 15 is 0 Å². The first kappa shape index (κ1) is 12.0. The lowest BCUT2D eigenvalue weighted by molar-refractivity contribution is 0.0526. The van der Waals surface area contributed by atoms with Gasteiger partial charge in [0.25, 0.3) is 0 Å². The van der Waals surface area contributed by atoms with Crippen LogP contribution in [0.25, 0.3) is 5.82 Å². The first-order chi connectivity index (χ1) is 8.20. The topological polar surface area (TPSA) is 57.0 Å². The summed E-state index contributed by atoms with van der Waals surface area (Å²) in [5, 5.41) is 4.07. The van der Waals surface area contributed by atoms with E-state index in [-0.39, 0.29) is 5.97 Å². The second-order valence-corrected chi connectivity index (χ2v) is 4.47. The van der Waals surface area contributed by atoms with Crippen molar-refractivity contribution >= 4 is 28.6 Å². The number of ether oxygens (including phenoxy) is 1. The Labute approximate surface area is 112 Å². The van der Waals surface area contributed by atoms with Crippen molar-refractivity contribution in [3.63, 3.8) is 0 Å². The van der Waals surface area contributed by atoms with Crippen molar-refractivity contribution in [3.05, 3.63) is 39.9 Å². The molecule has 0 atom stereocenters. The predicted octanol–water partition coefficient (Wildman–Crippen LogP) is 2.05. The molecule has 0 aliphatic rings. The van der Waals surface area contributed by atoms with Crippen LogP contribution in [0, 0.1) is 3.57 Å². The van der Waals surface area contributed by atoms with E-state index in [0.717, 1.165) is 3.57 Å². The molecule has 0 unspecified atom stereocenters. The highest BCUT2D eigenvalue weighted by atomic mass is 127. The van der Waals surface area contributed by atoms with Gasteiger partial charge in [-0.15, -0.1) is 0 Å². The molecule has 2 rings (SSSR count). The van der Waals surface area contributed by atoms with E-state index in [0.29, 0.717) is 18.0 Å². The monoisotopic (exact) mass is 343 g/mol. The highest BCUT2D eigenvalue weighted by Gasteiger charge is 2.10. The fourth-order valence-electron chi connectivity index (χ4n) is 1.27. The van der Waals surface area contributed by atoms with Crippen LogP contribution in [-0.2, 0) is 4.74 Å². The SMILES string of the molecule is CCOC(=O)c1cnn(-c2ccc(I)cn2)c1. The maximum absolute atomic E-state index is 11.4. The molecule has 2 heterocycles.